The summed E-state index contributed by atoms with van der Waals surface area (Å²) in [4.78, 5) is 12.3. The van der Waals surface area contributed by atoms with Gasteiger partial charge in [-0.3, -0.25) is 9.10 Å². The summed E-state index contributed by atoms with van der Waals surface area (Å²) in [6.45, 7) is 6.01. The topological polar surface area (TPSA) is 92.5 Å². The molecule has 0 saturated heterocycles. The SMILES string of the molecule is Cc1ccc(N(CCC(=O)N[C@@H](C)CN)S(=O)(=O)c2ccc(C)cc2)cc1. The van der Waals surface area contributed by atoms with E-state index in [2.05, 4.69) is 5.32 Å². The quantitative estimate of drug-likeness (QED) is 0.725. The number of hydrogen-bond donors (Lipinski definition) is 2. The first-order valence-electron chi connectivity index (χ1n) is 8.89. The van der Waals surface area contributed by atoms with Crippen LogP contribution in [0.1, 0.15) is 24.5 Å². The molecule has 0 heterocycles. The number of benzene rings is 2. The monoisotopic (exact) mass is 389 g/mol. The Balaban J connectivity index is 2.30. The van der Waals surface area contributed by atoms with Gasteiger partial charge in [0.05, 0.1) is 10.6 Å². The van der Waals surface area contributed by atoms with Gasteiger partial charge in [-0.05, 0) is 45.0 Å². The van der Waals surface area contributed by atoms with Gasteiger partial charge in [-0.1, -0.05) is 35.4 Å². The van der Waals surface area contributed by atoms with Crippen LogP contribution in [0.3, 0.4) is 0 Å². The normalized spacial score (nSPS) is 12.4. The molecule has 0 unspecified atom stereocenters. The summed E-state index contributed by atoms with van der Waals surface area (Å²) in [5.74, 6) is -0.232. The van der Waals surface area contributed by atoms with E-state index in [0.29, 0.717) is 12.2 Å². The predicted octanol–water partition coefficient (Wildman–Crippen LogP) is 2.35. The van der Waals surface area contributed by atoms with Crippen molar-refractivity contribution < 1.29 is 13.2 Å². The van der Waals surface area contributed by atoms with Crippen LogP contribution in [-0.2, 0) is 14.8 Å². The fourth-order valence-electron chi connectivity index (χ4n) is 2.55. The van der Waals surface area contributed by atoms with Crippen LogP contribution in [0.25, 0.3) is 0 Å². The van der Waals surface area contributed by atoms with Crippen LogP contribution in [0.2, 0.25) is 0 Å². The molecule has 2 aromatic carbocycles. The number of sulfonamides is 1. The van der Waals surface area contributed by atoms with E-state index in [9.17, 15) is 13.2 Å². The lowest BCUT2D eigenvalue weighted by Gasteiger charge is -2.25. The standard InChI is InChI=1S/C20H27N3O3S/c1-15-4-8-18(9-5-15)23(13-12-20(24)22-17(3)14-21)27(25,26)19-10-6-16(2)7-11-19/h4-11,17H,12-14,21H2,1-3H3,(H,22,24)/t17-/m0/s1. The third-order valence-corrected chi connectivity index (χ3v) is 6.08. The lowest BCUT2D eigenvalue weighted by atomic mass is 10.2. The molecule has 0 spiro atoms. The number of aryl methyl sites for hydroxylation is 2. The first kappa shape index (κ1) is 20.9. The van der Waals surface area contributed by atoms with Crippen LogP contribution in [-0.4, -0.2) is 33.5 Å². The second-order valence-electron chi connectivity index (χ2n) is 6.68. The number of nitrogens with two attached hydrogens (primary N) is 1. The molecule has 1 atom stereocenters. The number of carbonyl (C=O) groups excluding carboxylic acids is 1. The highest BCUT2D eigenvalue weighted by molar-refractivity contribution is 7.92. The molecule has 0 aliphatic heterocycles. The Hall–Kier alpha value is -2.38. The minimum atomic E-state index is -3.78. The fourth-order valence-corrected chi connectivity index (χ4v) is 4.01. The molecule has 27 heavy (non-hydrogen) atoms. The second-order valence-corrected chi connectivity index (χ2v) is 8.54. The van der Waals surface area contributed by atoms with Gasteiger partial charge in [-0.15, -0.1) is 0 Å². The van der Waals surface area contributed by atoms with Gasteiger partial charge in [-0.25, -0.2) is 8.42 Å². The summed E-state index contributed by atoms with van der Waals surface area (Å²) in [5.41, 5.74) is 8.05. The minimum Gasteiger partial charge on any atom is -0.352 e. The molecule has 3 N–H and O–H groups in total. The van der Waals surface area contributed by atoms with Crippen molar-refractivity contribution in [3.05, 3.63) is 59.7 Å². The second kappa shape index (κ2) is 9.01. The smallest absolute Gasteiger partial charge is 0.264 e. The van der Waals surface area contributed by atoms with Crippen molar-refractivity contribution in [1.82, 2.24) is 5.32 Å². The lowest BCUT2D eigenvalue weighted by Crippen LogP contribution is -2.40. The number of carbonyl (C=O) groups is 1. The van der Waals surface area contributed by atoms with Crippen LogP contribution in [0.15, 0.2) is 53.4 Å². The van der Waals surface area contributed by atoms with Gasteiger partial charge in [0.15, 0.2) is 0 Å². The molecule has 2 rings (SSSR count). The average Bonchev–Trinajstić information content (AvgIpc) is 2.63. The van der Waals surface area contributed by atoms with E-state index in [1.54, 1.807) is 43.3 Å². The van der Waals surface area contributed by atoms with E-state index >= 15 is 0 Å². The van der Waals surface area contributed by atoms with E-state index in [1.807, 2.05) is 26.0 Å². The number of nitrogens with one attached hydrogen (secondary N) is 1. The zero-order chi connectivity index (χ0) is 20.0. The van der Waals surface area contributed by atoms with Gasteiger partial charge in [0, 0.05) is 25.6 Å². The maximum absolute atomic E-state index is 13.2. The van der Waals surface area contributed by atoms with Crippen molar-refractivity contribution in [2.75, 3.05) is 17.4 Å². The molecule has 0 fully saturated rings. The summed E-state index contributed by atoms with van der Waals surface area (Å²) in [6.07, 6.45) is 0.0449. The number of amides is 1. The Morgan fingerprint density at radius 3 is 2.07 bits per heavy atom. The Labute approximate surface area is 161 Å². The Bertz CT molecular complexity index is 862. The largest absolute Gasteiger partial charge is 0.352 e. The molecule has 0 aliphatic rings. The third-order valence-electron chi connectivity index (χ3n) is 4.23. The van der Waals surface area contributed by atoms with E-state index in [1.165, 1.54) is 4.31 Å². The molecule has 6 nitrogen and oxygen atoms in total. The van der Waals surface area contributed by atoms with Crippen molar-refractivity contribution in [2.24, 2.45) is 5.73 Å². The molecule has 0 bridgehead atoms. The molecule has 7 heteroatoms. The minimum absolute atomic E-state index is 0.0440. The van der Waals surface area contributed by atoms with Crippen molar-refractivity contribution in [2.45, 2.75) is 38.1 Å². The maximum Gasteiger partial charge on any atom is 0.264 e. The molecule has 0 saturated carbocycles. The fraction of sp³-hybridized carbons (Fsp3) is 0.350. The van der Waals surface area contributed by atoms with Gasteiger partial charge in [0.2, 0.25) is 5.91 Å². The van der Waals surface area contributed by atoms with E-state index < -0.39 is 10.0 Å². The molecular weight excluding hydrogens is 362 g/mol. The summed E-state index contributed by atoms with van der Waals surface area (Å²) in [7, 11) is -3.78. The summed E-state index contributed by atoms with van der Waals surface area (Å²) in [6, 6.07) is 13.7. The number of hydrogen-bond acceptors (Lipinski definition) is 4. The highest BCUT2D eigenvalue weighted by Crippen LogP contribution is 2.24. The van der Waals surface area contributed by atoms with Crippen molar-refractivity contribution in [1.29, 1.82) is 0 Å². The average molecular weight is 390 g/mol. The molecule has 2 aromatic rings. The van der Waals surface area contributed by atoms with E-state index in [0.717, 1.165) is 11.1 Å². The zero-order valence-electron chi connectivity index (χ0n) is 16.0. The molecule has 0 aliphatic carbocycles. The third kappa shape index (κ3) is 5.55. The molecule has 0 radical (unpaired) electrons. The summed E-state index contributed by atoms with van der Waals surface area (Å²) < 4.78 is 27.7. The van der Waals surface area contributed by atoms with Crippen molar-refractivity contribution in [3.8, 4) is 0 Å². The Morgan fingerprint density at radius 1 is 1.04 bits per heavy atom. The highest BCUT2D eigenvalue weighted by atomic mass is 32.2. The van der Waals surface area contributed by atoms with Crippen molar-refractivity contribution >= 4 is 21.6 Å². The van der Waals surface area contributed by atoms with E-state index in [4.69, 9.17) is 5.73 Å². The first-order chi connectivity index (χ1) is 12.7. The van der Waals surface area contributed by atoms with Crippen LogP contribution in [0.4, 0.5) is 5.69 Å². The molecule has 146 valence electrons. The van der Waals surface area contributed by atoms with Crippen LogP contribution < -0.4 is 15.4 Å². The maximum atomic E-state index is 13.2. The van der Waals surface area contributed by atoms with Gasteiger partial charge < -0.3 is 11.1 Å². The number of rotatable bonds is 8. The molecular formula is C20H27N3O3S. The van der Waals surface area contributed by atoms with Crippen molar-refractivity contribution in [3.63, 3.8) is 0 Å². The van der Waals surface area contributed by atoms with Gasteiger partial charge in [0.1, 0.15) is 0 Å². The van der Waals surface area contributed by atoms with Crippen LogP contribution in [0.5, 0.6) is 0 Å². The predicted molar refractivity (Wildman–Crippen MR) is 108 cm³/mol. The Kier molecular flexibility index (Phi) is 6.98. The molecule has 0 aromatic heterocycles. The van der Waals surface area contributed by atoms with Gasteiger partial charge in [-0.2, -0.15) is 0 Å². The number of nitrogens with zero attached hydrogens (tertiary/aromatic N) is 1. The summed E-state index contributed by atoms with van der Waals surface area (Å²) in [5, 5.41) is 2.76. The lowest BCUT2D eigenvalue weighted by molar-refractivity contribution is -0.121. The zero-order valence-corrected chi connectivity index (χ0v) is 16.8. The first-order valence-corrected chi connectivity index (χ1v) is 10.3. The van der Waals surface area contributed by atoms with E-state index in [-0.39, 0.29) is 29.8 Å². The highest BCUT2D eigenvalue weighted by Gasteiger charge is 2.25. The molecule has 1 amide bonds. The number of anilines is 1. The van der Waals surface area contributed by atoms with Crippen LogP contribution >= 0.6 is 0 Å². The summed E-state index contributed by atoms with van der Waals surface area (Å²) >= 11 is 0. The Morgan fingerprint density at radius 2 is 1.56 bits per heavy atom. The van der Waals surface area contributed by atoms with Gasteiger partial charge >= 0.3 is 0 Å². The van der Waals surface area contributed by atoms with Gasteiger partial charge in [0.25, 0.3) is 10.0 Å². The van der Waals surface area contributed by atoms with Crippen LogP contribution in [0, 0.1) is 13.8 Å².